The number of aromatic nitrogens is 1. The van der Waals surface area contributed by atoms with Crippen LogP contribution < -0.4 is 5.32 Å². The monoisotopic (exact) mass is 298 g/mol. The van der Waals surface area contributed by atoms with Crippen LogP contribution in [0.4, 0.5) is 0 Å². The van der Waals surface area contributed by atoms with Crippen molar-refractivity contribution in [3.8, 4) is 0 Å². The average Bonchev–Trinajstić information content (AvgIpc) is 2.76. The van der Waals surface area contributed by atoms with E-state index in [1.807, 2.05) is 0 Å². The molecule has 2 unspecified atom stereocenters. The van der Waals surface area contributed by atoms with Gasteiger partial charge >= 0.3 is 0 Å². The first kappa shape index (κ1) is 17.6. The molecule has 0 saturated carbocycles. The number of rotatable bonds is 8. The summed E-state index contributed by atoms with van der Waals surface area (Å²) in [7, 11) is 0. The summed E-state index contributed by atoms with van der Waals surface area (Å²) in [6, 6.07) is 0.320. The van der Waals surface area contributed by atoms with Crippen molar-refractivity contribution >= 4 is 11.3 Å². The maximum Gasteiger partial charge on any atom is 0.0944 e. The van der Waals surface area contributed by atoms with Crippen molar-refractivity contribution in [2.75, 3.05) is 13.2 Å². The molecule has 1 N–H and O–H groups in total. The number of hydrogen-bond donors (Lipinski definition) is 1. The largest absolute Gasteiger partial charge is 0.376 e. The summed E-state index contributed by atoms with van der Waals surface area (Å²) in [6.07, 6.45) is 2.28. The Hall–Kier alpha value is -0.450. The summed E-state index contributed by atoms with van der Waals surface area (Å²) in [5.74, 6) is 0. The lowest BCUT2D eigenvalue weighted by Crippen LogP contribution is -2.49. The van der Waals surface area contributed by atoms with Crippen molar-refractivity contribution in [2.45, 2.75) is 66.5 Å². The average molecular weight is 298 g/mol. The molecule has 1 heterocycles. The molecule has 1 aromatic heterocycles. The topological polar surface area (TPSA) is 34.2 Å². The first-order valence-corrected chi connectivity index (χ1v) is 8.52. The molecule has 20 heavy (non-hydrogen) atoms. The highest BCUT2D eigenvalue weighted by Gasteiger charge is 2.33. The first-order chi connectivity index (χ1) is 9.38. The lowest BCUT2D eigenvalue weighted by molar-refractivity contribution is -0.0355. The van der Waals surface area contributed by atoms with Gasteiger partial charge in [0.1, 0.15) is 0 Å². The highest BCUT2D eigenvalue weighted by atomic mass is 32.1. The van der Waals surface area contributed by atoms with E-state index in [-0.39, 0.29) is 11.5 Å². The van der Waals surface area contributed by atoms with Crippen molar-refractivity contribution < 1.29 is 4.74 Å². The maximum atomic E-state index is 6.06. The number of hydrogen-bond acceptors (Lipinski definition) is 4. The van der Waals surface area contributed by atoms with Crippen LogP contribution in [0.5, 0.6) is 0 Å². The summed E-state index contributed by atoms with van der Waals surface area (Å²) in [5, 5.41) is 6.98. The van der Waals surface area contributed by atoms with E-state index in [1.54, 1.807) is 11.3 Å². The SMILES string of the molecule is CCCNC(Cc1nc(C)cs1)C(OCC)C(C)(C)C. The van der Waals surface area contributed by atoms with E-state index in [4.69, 9.17) is 4.74 Å². The van der Waals surface area contributed by atoms with Crippen molar-refractivity contribution in [3.05, 3.63) is 16.1 Å². The predicted octanol–water partition coefficient (Wildman–Crippen LogP) is 3.81. The van der Waals surface area contributed by atoms with Crippen LogP contribution in [-0.2, 0) is 11.2 Å². The molecule has 0 fully saturated rings. The maximum absolute atomic E-state index is 6.06. The fourth-order valence-electron chi connectivity index (χ4n) is 2.45. The summed E-state index contributed by atoms with van der Waals surface area (Å²) >= 11 is 1.75. The van der Waals surface area contributed by atoms with Crippen molar-refractivity contribution in [1.82, 2.24) is 10.3 Å². The zero-order valence-corrected chi connectivity index (χ0v) is 14.6. The number of nitrogens with one attached hydrogen (secondary N) is 1. The molecule has 0 aliphatic carbocycles. The molecule has 0 spiro atoms. The summed E-state index contributed by atoms with van der Waals surface area (Å²) in [4.78, 5) is 4.61. The minimum Gasteiger partial charge on any atom is -0.376 e. The molecule has 0 bridgehead atoms. The number of thiazole rings is 1. The van der Waals surface area contributed by atoms with E-state index in [9.17, 15) is 0 Å². The van der Waals surface area contributed by atoms with Gasteiger partial charge in [-0.05, 0) is 32.2 Å². The van der Waals surface area contributed by atoms with Gasteiger partial charge in [0.2, 0.25) is 0 Å². The van der Waals surface area contributed by atoms with Crippen LogP contribution in [0.3, 0.4) is 0 Å². The Morgan fingerprint density at radius 2 is 2.05 bits per heavy atom. The van der Waals surface area contributed by atoms with E-state index < -0.39 is 0 Å². The number of nitrogens with zero attached hydrogens (tertiary/aromatic N) is 1. The molecule has 0 radical (unpaired) electrons. The molecule has 1 rings (SSSR count). The molecule has 0 aliphatic rings. The van der Waals surface area contributed by atoms with Crippen LogP contribution in [0, 0.1) is 12.3 Å². The van der Waals surface area contributed by atoms with Gasteiger partial charge in [0.05, 0.1) is 11.1 Å². The molecule has 0 saturated heterocycles. The molecule has 1 aromatic rings. The fourth-order valence-corrected chi connectivity index (χ4v) is 3.28. The zero-order chi connectivity index (χ0) is 15.2. The summed E-state index contributed by atoms with van der Waals surface area (Å²) in [5.41, 5.74) is 1.23. The van der Waals surface area contributed by atoms with Crippen molar-refractivity contribution in [1.29, 1.82) is 0 Å². The third kappa shape index (κ3) is 5.51. The van der Waals surface area contributed by atoms with Crippen LogP contribution in [-0.4, -0.2) is 30.3 Å². The minimum atomic E-state index is 0.119. The molecule has 4 heteroatoms. The number of aryl methyl sites for hydroxylation is 1. The third-order valence-electron chi connectivity index (χ3n) is 3.28. The van der Waals surface area contributed by atoms with Gasteiger partial charge < -0.3 is 10.1 Å². The second-order valence-corrected chi connectivity index (χ2v) is 7.33. The molecular weight excluding hydrogens is 268 g/mol. The Labute approximate surface area is 128 Å². The van der Waals surface area contributed by atoms with E-state index in [0.717, 1.165) is 31.7 Å². The van der Waals surface area contributed by atoms with Gasteiger partial charge in [-0.1, -0.05) is 27.7 Å². The van der Waals surface area contributed by atoms with E-state index in [0.29, 0.717) is 6.04 Å². The standard InChI is InChI=1S/C16H30N2OS/c1-7-9-17-13(10-14-18-12(3)11-20-14)15(19-8-2)16(4,5)6/h11,13,15,17H,7-10H2,1-6H3. The molecule has 0 amide bonds. The minimum absolute atomic E-state index is 0.119. The molecule has 0 aliphatic heterocycles. The highest BCUT2D eigenvalue weighted by Crippen LogP contribution is 2.27. The molecular formula is C16H30N2OS. The van der Waals surface area contributed by atoms with Crippen LogP contribution in [0.15, 0.2) is 5.38 Å². The van der Waals surface area contributed by atoms with Crippen molar-refractivity contribution in [3.63, 3.8) is 0 Å². The number of ether oxygens (including phenoxy) is 1. The second-order valence-electron chi connectivity index (χ2n) is 6.39. The zero-order valence-electron chi connectivity index (χ0n) is 13.8. The molecule has 0 aromatic carbocycles. The van der Waals surface area contributed by atoms with Gasteiger partial charge in [-0.2, -0.15) is 0 Å². The van der Waals surface area contributed by atoms with E-state index in [1.165, 1.54) is 5.01 Å². The van der Waals surface area contributed by atoms with Crippen molar-refractivity contribution in [2.24, 2.45) is 5.41 Å². The van der Waals surface area contributed by atoms with Gasteiger partial charge in [0, 0.05) is 30.1 Å². The molecule has 3 nitrogen and oxygen atoms in total. The molecule has 116 valence electrons. The lowest BCUT2D eigenvalue weighted by atomic mass is 9.83. The normalized spacial score (nSPS) is 15.3. The third-order valence-corrected chi connectivity index (χ3v) is 4.27. The lowest BCUT2D eigenvalue weighted by Gasteiger charge is -2.37. The Morgan fingerprint density at radius 1 is 1.35 bits per heavy atom. The van der Waals surface area contributed by atoms with E-state index >= 15 is 0 Å². The van der Waals surface area contributed by atoms with Gasteiger partial charge in [0.15, 0.2) is 0 Å². The van der Waals surface area contributed by atoms with Gasteiger partial charge in [-0.15, -0.1) is 11.3 Å². The Balaban J connectivity index is 2.84. The van der Waals surface area contributed by atoms with Gasteiger partial charge in [-0.25, -0.2) is 4.98 Å². The van der Waals surface area contributed by atoms with Crippen LogP contribution in [0.1, 0.15) is 51.7 Å². The van der Waals surface area contributed by atoms with Gasteiger partial charge in [0.25, 0.3) is 0 Å². The van der Waals surface area contributed by atoms with Crippen LogP contribution in [0.2, 0.25) is 0 Å². The fraction of sp³-hybridized carbons (Fsp3) is 0.812. The highest BCUT2D eigenvalue weighted by molar-refractivity contribution is 7.09. The summed E-state index contributed by atoms with van der Waals surface area (Å²) in [6.45, 7) is 14.9. The molecule has 2 atom stereocenters. The quantitative estimate of drug-likeness (QED) is 0.792. The van der Waals surface area contributed by atoms with Crippen LogP contribution >= 0.6 is 11.3 Å². The predicted molar refractivity (Wildman–Crippen MR) is 87.5 cm³/mol. The Bertz CT molecular complexity index is 384. The summed E-state index contributed by atoms with van der Waals surface area (Å²) < 4.78 is 6.06. The van der Waals surface area contributed by atoms with E-state index in [2.05, 4.69) is 57.2 Å². The van der Waals surface area contributed by atoms with Crippen LogP contribution in [0.25, 0.3) is 0 Å². The van der Waals surface area contributed by atoms with Gasteiger partial charge in [-0.3, -0.25) is 0 Å². The second kappa shape index (κ2) is 8.11. The smallest absolute Gasteiger partial charge is 0.0944 e. The Morgan fingerprint density at radius 3 is 2.50 bits per heavy atom. The Kier molecular flexibility index (Phi) is 7.13. The first-order valence-electron chi connectivity index (χ1n) is 7.64.